The Morgan fingerprint density at radius 1 is 1.21 bits per heavy atom. The van der Waals surface area contributed by atoms with Gasteiger partial charge in [0.1, 0.15) is 0 Å². The van der Waals surface area contributed by atoms with Gasteiger partial charge in [0, 0.05) is 24.1 Å². The molecule has 0 aliphatic rings. The number of nitrogens with zero attached hydrogens (tertiary/aromatic N) is 3. The van der Waals surface area contributed by atoms with Crippen LogP contribution in [0.3, 0.4) is 0 Å². The number of rotatable bonds is 8. The summed E-state index contributed by atoms with van der Waals surface area (Å²) in [5.41, 5.74) is 0.451. The number of hydrogen-bond acceptors (Lipinski definition) is 9. The lowest BCUT2D eigenvalue weighted by Crippen LogP contribution is -2.11. The summed E-state index contributed by atoms with van der Waals surface area (Å²) in [6.45, 7) is 1.58. The molecule has 1 aromatic carbocycles. The fourth-order valence-electron chi connectivity index (χ4n) is 2.32. The summed E-state index contributed by atoms with van der Waals surface area (Å²) < 4.78 is 10.7. The minimum absolute atomic E-state index is 0.0512. The Hall–Kier alpha value is -3.40. The van der Waals surface area contributed by atoms with E-state index in [0.717, 1.165) is 0 Å². The summed E-state index contributed by atoms with van der Waals surface area (Å²) >= 11 is 1.32. The van der Waals surface area contributed by atoms with Gasteiger partial charge in [-0.1, -0.05) is 6.07 Å². The molecule has 0 radical (unpaired) electrons. The van der Waals surface area contributed by atoms with Crippen LogP contribution in [0.25, 0.3) is 11.5 Å². The molecule has 2 heterocycles. The second-order valence-electron chi connectivity index (χ2n) is 5.78. The van der Waals surface area contributed by atoms with Crippen LogP contribution in [0.5, 0.6) is 0 Å². The van der Waals surface area contributed by atoms with Crippen molar-refractivity contribution in [2.45, 2.75) is 25.9 Å². The number of nitro groups is 1. The maximum atomic E-state index is 12.0. The Kier molecular flexibility index (Phi) is 5.90. The van der Waals surface area contributed by atoms with Crippen LogP contribution in [0.1, 0.15) is 41.4 Å². The molecule has 0 spiro atoms. The number of nitro benzene ring substituents is 1. The first-order valence-electron chi connectivity index (χ1n) is 8.28. The van der Waals surface area contributed by atoms with Crippen molar-refractivity contribution in [1.82, 2.24) is 10.2 Å². The molecule has 0 unspecified atom stereocenters. The lowest BCUT2D eigenvalue weighted by atomic mass is 10.2. The van der Waals surface area contributed by atoms with E-state index in [1.165, 1.54) is 35.6 Å². The van der Waals surface area contributed by atoms with E-state index < -0.39 is 17.0 Å². The van der Waals surface area contributed by atoms with Crippen molar-refractivity contribution < 1.29 is 23.7 Å². The Morgan fingerprint density at radius 3 is 2.61 bits per heavy atom. The molecule has 3 rings (SSSR count). The van der Waals surface area contributed by atoms with E-state index in [1.807, 2.05) is 0 Å². The molecule has 1 atom stereocenters. The number of aromatic nitrogens is 2. The van der Waals surface area contributed by atoms with Gasteiger partial charge in [0.25, 0.3) is 11.6 Å². The molecular formula is C18H15N3O6S. The smallest absolute Gasteiger partial charge is 0.307 e. The summed E-state index contributed by atoms with van der Waals surface area (Å²) in [5.74, 6) is -0.419. The van der Waals surface area contributed by atoms with Gasteiger partial charge in [-0.2, -0.15) is 0 Å². The highest BCUT2D eigenvalue weighted by atomic mass is 32.1. The number of non-ortho nitro benzene ring substituents is 1. The van der Waals surface area contributed by atoms with Crippen molar-refractivity contribution in [3.8, 4) is 11.5 Å². The highest BCUT2D eigenvalue weighted by Crippen LogP contribution is 2.24. The standard InChI is InChI=1S/C18H15N3O6S/c1-11(26-16(23)9-8-14(22)15-3-2-10-28-15)17-19-20-18(27-17)12-4-6-13(7-5-12)21(24)25/h2-7,10-11H,8-9H2,1H3/t11-/m0/s1. The number of ether oxygens (including phenoxy) is 1. The minimum atomic E-state index is -0.788. The van der Waals surface area contributed by atoms with E-state index in [9.17, 15) is 19.7 Å². The van der Waals surface area contributed by atoms with Crippen molar-refractivity contribution in [1.29, 1.82) is 0 Å². The molecule has 0 aliphatic carbocycles. The predicted octanol–water partition coefficient (Wildman–Crippen LogP) is 3.97. The zero-order valence-electron chi connectivity index (χ0n) is 14.7. The van der Waals surface area contributed by atoms with E-state index in [0.29, 0.717) is 10.4 Å². The number of ketones is 1. The van der Waals surface area contributed by atoms with E-state index in [2.05, 4.69) is 10.2 Å². The zero-order valence-corrected chi connectivity index (χ0v) is 15.5. The number of thiophene rings is 1. The summed E-state index contributed by atoms with van der Waals surface area (Å²) in [6.07, 6.45) is -0.780. The van der Waals surface area contributed by atoms with Gasteiger partial charge >= 0.3 is 5.97 Å². The van der Waals surface area contributed by atoms with Crippen LogP contribution < -0.4 is 0 Å². The molecular weight excluding hydrogens is 386 g/mol. The molecule has 0 fully saturated rings. The number of esters is 1. The molecule has 3 aromatic rings. The van der Waals surface area contributed by atoms with Crippen molar-refractivity contribution in [3.05, 3.63) is 62.7 Å². The van der Waals surface area contributed by atoms with Gasteiger partial charge < -0.3 is 9.15 Å². The lowest BCUT2D eigenvalue weighted by Gasteiger charge is -2.08. The highest BCUT2D eigenvalue weighted by Gasteiger charge is 2.20. The third kappa shape index (κ3) is 4.65. The van der Waals surface area contributed by atoms with Crippen LogP contribution in [0, 0.1) is 10.1 Å². The Morgan fingerprint density at radius 2 is 1.96 bits per heavy atom. The Labute approximate surface area is 163 Å². The lowest BCUT2D eigenvalue weighted by molar-refractivity contribution is -0.384. The number of benzene rings is 1. The second kappa shape index (κ2) is 8.53. The maximum Gasteiger partial charge on any atom is 0.307 e. The van der Waals surface area contributed by atoms with E-state index >= 15 is 0 Å². The predicted molar refractivity (Wildman–Crippen MR) is 98.8 cm³/mol. The molecule has 9 nitrogen and oxygen atoms in total. The minimum Gasteiger partial charge on any atom is -0.453 e. The third-order valence-electron chi connectivity index (χ3n) is 3.77. The first-order chi connectivity index (χ1) is 13.4. The average Bonchev–Trinajstić information content (AvgIpc) is 3.38. The van der Waals surface area contributed by atoms with Gasteiger partial charge in [-0.05, 0) is 30.5 Å². The largest absolute Gasteiger partial charge is 0.453 e. The third-order valence-corrected chi connectivity index (χ3v) is 4.68. The first kappa shape index (κ1) is 19.4. The molecule has 0 amide bonds. The van der Waals surface area contributed by atoms with E-state index in [1.54, 1.807) is 24.4 Å². The fraction of sp³-hybridized carbons (Fsp3) is 0.222. The topological polar surface area (TPSA) is 125 Å². The number of carbonyl (C=O) groups is 2. The van der Waals surface area contributed by atoms with Gasteiger partial charge in [-0.15, -0.1) is 21.5 Å². The Balaban J connectivity index is 1.56. The number of carbonyl (C=O) groups excluding carboxylic acids is 2. The van der Waals surface area contributed by atoms with Gasteiger partial charge in [-0.25, -0.2) is 0 Å². The summed E-state index contributed by atoms with van der Waals surface area (Å²) in [6, 6.07) is 9.11. The molecule has 0 bridgehead atoms. The normalized spacial score (nSPS) is 11.8. The SMILES string of the molecule is C[C@H](OC(=O)CCC(=O)c1cccs1)c1nnc(-c2ccc([N+](=O)[O-])cc2)o1. The first-order valence-corrected chi connectivity index (χ1v) is 9.16. The average molecular weight is 401 g/mol. The second-order valence-corrected chi connectivity index (χ2v) is 6.73. The van der Waals surface area contributed by atoms with Crippen LogP contribution in [0.4, 0.5) is 5.69 Å². The molecule has 0 N–H and O–H groups in total. The van der Waals surface area contributed by atoms with Crippen LogP contribution in [-0.4, -0.2) is 26.9 Å². The van der Waals surface area contributed by atoms with E-state index in [-0.39, 0.29) is 36.1 Å². The van der Waals surface area contributed by atoms with Crippen LogP contribution >= 0.6 is 11.3 Å². The van der Waals surface area contributed by atoms with Gasteiger partial charge in [0.15, 0.2) is 11.9 Å². The summed E-state index contributed by atoms with van der Waals surface area (Å²) in [5, 5.41) is 20.2. The van der Waals surface area contributed by atoms with Crippen molar-refractivity contribution in [2.24, 2.45) is 0 Å². The zero-order chi connectivity index (χ0) is 20.1. The maximum absolute atomic E-state index is 12.0. The van der Waals surface area contributed by atoms with Gasteiger partial charge in [0.05, 0.1) is 16.2 Å². The highest BCUT2D eigenvalue weighted by molar-refractivity contribution is 7.12. The molecule has 0 saturated heterocycles. The number of hydrogen-bond donors (Lipinski definition) is 0. The van der Waals surface area contributed by atoms with Crippen LogP contribution in [0.15, 0.2) is 46.2 Å². The molecule has 2 aromatic heterocycles. The van der Waals surface area contributed by atoms with Crippen molar-refractivity contribution in [2.75, 3.05) is 0 Å². The van der Waals surface area contributed by atoms with E-state index in [4.69, 9.17) is 9.15 Å². The molecule has 0 aliphatic heterocycles. The van der Waals surface area contributed by atoms with Gasteiger partial charge in [-0.3, -0.25) is 19.7 Å². The molecule has 10 heteroatoms. The van der Waals surface area contributed by atoms with Crippen molar-refractivity contribution in [3.63, 3.8) is 0 Å². The van der Waals surface area contributed by atoms with Crippen LogP contribution in [-0.2, 0) is 9.53 Å². The van der Waals surface area contributed by atoms with Crippen molar-refractivity contribution >= 4 is 28.8 Å². The summed E-state index contributed by atoms with van der Waals surface area (Å²) in [4.78, 5) is 34.7. The quantitative estimate of drug-likeness (QED) is 0.240. The molecule has 28 heavy (non-hydrogen) atoms. The Bertz CT molecular complexity index is 981. The fourth-order valence-corrected chi connectivity index (χ4v) is 3.02. The molecule has 0 saturated carbocycles. The monoisotopic (exact) mass is 401 g/mol. The summed E-state index contributed by atoms with van der Waals surface area (Å²) in [7, 11) is 0. The van der Waals surface area contributed by atoms with Gasteiger partial charge in [0.2, 0.25) is 5.89 Å². The molecule has 144 valence electrons. The number of Topliss-reactive ketones (excluding diaryl/α,β-unsaturated/α-hetero) is 1. The van der Waals surface area contributed by atoms with Crippen LogP contribution in [0.2, 0.25) is 0 Å².